The minimum atomic E-state index is -0.220. The third kappa shape index (κ3) is 2.65. The molecule has 0 aliphatic rings. The maximum absolute atomic E-state index is 14.4. The maximum atomic E-state index is 14.4. The van der Waals surface area contributed by atoms with Gasteiger partial charge in [-0.05, 0) is 42.8 Å². The highest BCUT2D eigenvalue weighted by Crippen LogP contribution is 2.37. The van der Waals surface area contributed by atoms with E-state index in [1.807, 2.05) is 78.6 Å². The molecule has 0 N–H and O–H groups in total. The van der Waals surface area contributed by atoms with Gasteiger partial charge in [0.2, 0.25) is 0 Å². The van der Waals surface area contributed by atoms with Crippen LogP contribution in [0, 0.1) is 12.7 Å². The first-order chi connectivity index (χ1) is 10.3. The van der Waals surface area contributed by atoms with Crippen molar-refractivity contribution in [3.8, 4) is 0 Å². The number of halogens is 1. The monoisotopic (exact) mass is 277 g/mol. The molecule has 0 fully saturated rings. The van der Waals surface area contributed by atoms with Crippen LogP contribution in [0.15, 0.2) is 78.9 Å². The number of anilines is 3. The van der Waals surface area contributed by atoms with Crippen LogP contribution in [0.5, 0.6) is 0 Å². The van der Waals surface area contributed by atoms with Crippen molar-refractivity contribution in [3.63, 3.8) is 0 Å². The molecule has 1 nitrogen and oxygen atoms in total. The highest BCUT2D eigenvalue weighted by molar-refractivity contribution is 5.78. The van der Waals surface area contributed by atoms with Crippen LogP contribution in [0.25, 0.3) is 0 Å². The molecule has 0 bridgehead atoms. The number of para-hydroxylation sites is 3. The average molecular weight is 277 g/mol. The quantitative estimate of drug-likeness (QED) is 0.602. The molecule has 104 valence electrons. The Morgan fingerprint density at radius 2 is 1.19 bits per heavy atom. The first-order valence-electron chi connectivity index (χ1n) is 6.93. The summed E-state index contributed by atoms with van der Waals surface area (Å²) < 4.78 is 14.4. The van der Waals surface area contributed by atoms with Crippen molar-refractivity contribution in [1.82, 2.24) is 0 Å². The number of hydrogen-bond donors (Lipinski definition) is 0. The Kier molecular flexibility index (Phi) is 3.69. The highest BCUT2D eigenvalue weighted by atomic mass is 19.1. The van der Waals surface area contributed by atoms with Crippen molar-refractivity contribution in [3.05, 3.63) is 90.2 Å². The number of nitrogens with zero attached hydrogens (tertiary/aromatic N) is 1. The zero-order chi connectivity index (χ0) is 14.7. The summed E-state index contributed by atoms with van der Waals surface area (Å²) in [5.41, 5.74) is 3.38. The van der Waals surface area contributed by atoms with Crippen molar-refractivity contribution in [2.75, 3.05) is 4.90 Å². The molecule has 3 aromatic rings. The van der Waals surface area contributed by atoms with Gasteiger partial charge in [0.25, 0.3) is 0 Å². The predicted octanol–water partition coefficient (Wildman–Crippen LogP) is 5.60. The summed E-state index contributed by atoms with van der Waals surface area (Å²) in [5.74, 6) is -0.220. The van der Waals surface area contributed by atoms with E-state index in [0.717, 1.165) is 16.9 Å². The van der Waals surface area contributed by atoms with Crippen molar-refractivity contribution < 1.29 is 4.39 Å². The zero-order valence-electron chi connectivity index (χ0n) is 11.8. The Morgan fingerprint density at radius 1 is 0.667 bits per heavy atom. The van der Waals surface area contributed by atoms with E-state index < -0.39 is 0 Å². The summed E-state index contributed by atoms with van der Waals surface area (Å²) in [7, 11) is 0. The van der Waals surface area contributed by atoms with Crippen LogP contribution in [-0.4, -0.2) is 0 Å². The van der Waals surface area contributed by atoms with Gasteiger partial charge >= 0.3 is 0 Å². The predicted molar refractivity (Wildman–Crippen MR) is 85.8 cm³/mol. The summed E-state index contributed by atoms with van der Waals surface area (Å²) >= 11 is 0. The number of rotatable bonds is 3. The van der Waals surface area contributed by atoms with E-state index in [1.165, 1.54) is 6.07 Å². The van der Waals surface area contributed by atoms with Gasteiger partial charge in [0, 0.05) is 11.4 Å². The molecule has 0 aliphatic carbocycles. The molecule has 2 heteroatoms. The van der Waals surface area contributed by atoms with Gasteiger partial charge in [0.05, 0.1) is 5.69 Å². The SMILES string of the molecule is Cc1cccc(F)c1N(c1ccccc1)c1ccccc1. The lowest BCUT2D eigenvalue weighted by molar-refractivity contribution is 0.627. The molecule has 0 aromatic heterocycles. The molecule has 0 atom stereocenters. The molecule has 0 spiro atoms. The van der Waals surface area contributed by atoms with E-state index in [2.05, 4.69) is 0 Å². The smallest absolute Gasteiger partial charge is 0.147 e. The summed E-state index contributed by atoms with van der Waals surface area (Å²) in [4.78, 5) is 1.95. The number of hydrogen-bond acceptors (Lipinski definition) is 1. The zero-order valence-corrected chi connectivity index (χ0v) is 11.8. The van der Waals surface area contributed by atoms with Gasteiger partial charge in [-0.3, -0.25) is 0 Å². The van der Waals surface area contributed by atoms with Crippen LogP contribution in [-0.2, 0) is 0 Å². The molecule has 0 unspecified atom stereocenters. The topological polar surface area (TPSA) is 3.24 Å². The largest absolute Gasteiger partial charge is 0.307 e. The first-order valence-corrected chi connectivity index (χ1v) is 6.93. The Balaban J connectivity index is 2.23. The molecular formula is C19H16FN. The molecule has 3 aromatic carbocycles. The van der Waals surface area contributed by atoms with Crippen molar-refractivity contribution >= 4 is 17.1 Å². The highest BCUT2D eigenvalue weighted by Gasteiger charge is 2.17. The molecule has 0 amide bonds. The van der Waals surface area contributed by atoms with Crippen LogP contribution in [0.2, 0.25) is 0 Å². The summed E-state index contributed by atoms with van der Waals surface area (Å²) in [6.07, 6.45) is 0. The summed E-state index contributed by atoms with van der Waals surface area (Å²) in [5, 5.41) is 0. The molecule has 21 heavy (non-hydrogen) atoms. The third-order valence-electron chi connectivity index (χ3n) is 3.44. The van der Waals surface area contributed by atoms with E-state index >= 15 is 0 Å². The van der Waals surface area contributed by atoms with Gasteiger partial charge in [-0.2, -0.15) is 0 Å². The molecule has 3 rings (SSSR count). The Bertz CT molecular complexity index is 663. The Morgan fingerprint density at radius 3 is 1.67 bits per heavy atom. The molecule has 0 saturated heterocycles. The van der Waals surface area contributed by atoms with Crippen molar-refractivity contribution in [2.24, 2.45) is 0 Å². The van der Waals surface area contributed by atoms with Crippen molar-refractivity contribution in [2.45, 2.75) is 6.92 Å². The third-order valence-corrected chi connectivity index (χ3v) is 3.44. The second-order valence-electron chi connectivity index (χ2n) is 4.91. The Hall–Kier alpha value is -2.61. The summed E-state index contributed by atoms with van der Waals surface area (Å²) in [6.45, 7) is 1.93. The van der Waals surface area contributed by atoms with Crippen LogP contribution in [0.4, 0.5) is 21.5 Å². The lowest BCUT2D eigenvalue weighted by Crippen LogP contribution is -2.12. The fourth-order valence-corrected chi connectivity index (χ4v) is 2.47. The van der Waals surface area contributed by atoms with Crippen LogP contribution in [0.1, 0.15) is 5.56 Å². The second kappa shape index (κ2) is 5.80. The van der Waals surface area contributed by atoms with E-state index in [4.69, 9.17) is 0 Å². The van der Waals surface area contributed by atoms with E-state index in [0.29, 0.717) is 5.69 Å². The molecule has 0 saturated carbocycles. The fraction of sp³-hybridized carbons (Fsp3) is 0.0526. The van der Waals surface area contributed by atoms with Crippen molar-refractivity contribution in [1.29, 1.82) is 0 Å². The van der Waals surface area contributed by atoms with Gasteiger partial charge in [0.1, 0.15) is 5.82 Å². The first kappa shape index (κ1) is 13.4. The average Bonchev–Trinajstić information content (AvgIpc) is 2.53. The van der Waals surface area contributed by atoms with E-state index in [1.54, 1.807) is 6.07 Å². The molecule has 0 aliphatic heterocycles. The second-order valence-corrected chi connectivity index (χ2v) is 4.91. The maximum Gasteiger partial charge on any atom is 0.147 e. The molecular weight excluding hydrogens is 261 g/mol. The van der Waals surface area contributed by atoms with Gasteiger partial charge in [-0.15, -0.1) is 0 Å². The lowest BCUT2D eigenvalue weighted by atomic mass is 10.1. The minimum absolute atomic E-state index is 0.220. The van der Waals surface area contributed by atoms with Crippen LogP contribution in [0.3, 0.4) is 0 Å². The van der Waals surface area contributed by atoms with Gasteiger partial charge in [-0.1, -0.05) is 48.5 Å². The number of benzene rings is 3. The molecule has 0 heterocycles. The van der Waals surface area contributed by atoms with Gasteiger partial charge in [-0.25, -0.2) is 4.39 Å². The van der Waals surface area contributed by atoms with Crippen LogP contribution >= 0.6 is 0 Å². The minimum Gasteiger partial charge on any atom is -0.307 e. The molecule has 0 radical (unpaired) electrons. The Labute approximate surface area is 124 Å². The summed E-state index contributed by atoms with van der Waals surface area (Å²) in [6, 6.07) is 24.9. The van der Waals surface area contributed by atoms with E-state index in [-0.39, 0.29) is 5.82 Å². The normalized spacial score (nSPS) is 10.4. The van der Waals surface area contributed by atoms with Gasteiger partial charge < -0.3 is 4.90 Å². The van der Waals surface area contributed by atoms with Gasteiger partial charge in [0.15, 0.2) is 0 Å². The number of aryl methyl sites for hydroxylation is 1. The van der Waals surface area contributed by atoms with Crippen LogP contribution < -0.4 is 4.90 Å². The lowest BCUT2D eigenvalue weighted by Gasteiger charge is -2.27. The van der Waals surface area contributed by atoms with E-state index in [9.17, 15) is 4.39 Å². The fourth-order valence-electron chi connectivity index (χ4n) is 2.47. The standard InChI is InChI=1S/C19H16FN/c1-15-9-8-14-18(20)19(15)21(16-10-4-2-5-11-16)17-12-6-3-7-13-17/h2-14H,1H3.